The Labute approximate surface area is 133 Å². The molecule has 1 saturated carbocycles. The van der Waals surface area contributed by atoms with Crippen LogP contribution in [0.25, 0.3) is 10.2 Å². The molecule has 0 spiro atoms. The van der Waals surface area contributed by atoms with E-state index < -0.39 is 0 Å². The van der Waals surface area contributed by atoms with Gasteiger partial charge in [0.1, 0.15) is 11.3 Å². The van der Waals surface area contributed by atoms with E-state index >= 15 is 0 Å². The monoisotopic (exact) mass is 307 g/mol. The van der Waals surface area contributed by atoms with Crippen LogP contribution in [-0.4, -0.2) is 11.6 Å². The van der Waals surface area contributed by atoms with Crippen LogP contribution in [0.4, 0.5) is 0 Å². The van der Waals surface area contributed by atoms with Crippen molar-refractivity contribution in [2.75, 3.05) is 6.61 Å². The Kier molecular flexibility index (Phi) is 7.73. The Morgan fingerprint density at radius 3 is 2.38 bits per heavy atom. The van der Waals surface area contributed by atoms with Crippen molar-refractivity contribution in [2.45, 2.75) is 66.7 Å². The highest BCUT2D eigenvalue weighted by Gasteiger charge is 2.21. The highest BCUT2D eigenvalue weighted by atomic mass is 32.1. The van der Waals surface area contributed by atoms with Gasteiger partial charge in [0, 0.05) is 0 Å². The number of nitrogens with zero attached hydrogens (tertiary/aromatic N) is 1. The molecule has 0 radical (unpaired) electrons. The van der Waals surface area contributed by atoms with Crippen LogP contribution in [0.2, 0.25) is 0 Å². The molecule has 0 bridgehead atoms. The molecule has 1 aliphatic rings. The summed E-state index contributed by atoms with van der Waals surface area (Å²) in [5.74, 6) is 1.72. The van der Waals surface area contributed by atoms with Gasteiger partial charge >= 0.3 is 0 Å². The zero-order valence-corrected chi connectivity index (χ0v) is 15.1. The number of benzene rings is 1. The van der Waals surface area contributed by atoms with E-state index in [0.29, 0.717) is 6.61 Å². The molecule has 1 fully saturated rings. The SMILES string of the molecule is CC.CC.CCOc1cc(C2CCC2)cc2sc(C)nc12. The van der Waals surface area contributed by atoms with Gasteiger partial charge in [0.2, 0.25) is 0 Å². The number of aromatic nitrogens is 1. The molecule has 1 aliphatic carbocycles. The molecule has 0 saturated heterocycles. The molecule has 21 heavy (non-hydrogen) atoms. The highest BCUT2D eigenvalue weighted by Crippen LogP contribution is 2.41. The first-order valence-corrected chi connectivity index (χ1v) is 9.13. The van der Waals surface area contributed by atoms with Gasteiger partial charge in [-0.2, -0.15) is 0 Å². The molecular weight excluding hydrogens is 278 g/mol. The number of aryl methyl sites for hydroxylation is 1. The lowest BCUT2D eigenvalue weighted by atomic mass is 9.80. The summed E-state index contributed by atoms with van der Waals surface area (Å²) < 4.78 is 7.01. The van der Waals surface area contributed by atoms with Crippen LogP contribution in [0.5, 0.6) is 5.75 Å². The first-order valence-electron chi connectivity index (χ1n) is 8.32. The second-order valence-corrected chi connectivity index (χ2v) is 5.89. The van der Waals surface area contributed by atoms with E-state index in [1.54, 1.807) is 11.3 Å². The number of thiazole rings is 1. The molecule has 0 unspecified atom stereocenters. The number of fused-ring (bicyclic) bond motifs is 1. The fourth-order valence-corrected chi connectivity index (χ4v) is 3.27. The van der Waals surface area contributed by atoms with Gasteiger partial charge < -0.3 is 4.74 Å². The minimum absolute atomic E-state index is 0.708. The molecule has 1 aromatic carbocycles. The molecule has 3 rings (SSSR count). The van der Waals surface area contributed by atoms with Gasteiger partial charge in [-0.05, 0) is 50.3 Å². The third kappa shape index (κ3) is 4.19. The summed E-state index contributed by atoms with van der Waals surface area (Å²) in [4.78, 5) is 4.57. The first kappa shape index (κ1) is 18.0. The molecule has 1 aromatic heterocycles. The summed E-state index contributed by atoms with van der Waals surface area (Å²) in [7, 11) is 0. The van der Waals surface area contributed by atoms with Crippen molar-refractivity contribution in [1.29, 1.82) is 0 Å². The van der Waals surface area contributed by atoms with E-state index in [2.05, 4.69) is 24.0 Å². The maximum atomic E-state index is 5.74. The smallest absolute Gasteiger partial charge is 0.146 e. The number of ether oxygens (including phenoxy) is 1. The number of hydrogen-bond acceptors (Lipinski definition) is 3. The standard InChI is InChI=1S/C14H17NOS.2C2H6/c1-3-16-12-7-11(10-5-4-6-10)8-13-14(12)15-9(2)17-13;2*1-2/h7-8,10H,3-6H2,1-2H3;2*1-2H3. The second kappa shape index (κ2) is 9.04. The summed E-state index contributed by atoms with van der Waals surface area (Å²) in [6, 6.07) is 4.52. The molecule has 3 heteroatoms. The van der Waals surface area contributed by atoms with Crippen molar-refractivity contribution >= 4 is 21.6 Å². The Balaban J connectivity index is 0.000000510. The van der Waals surface area contributed by atoms with Crippen molar-refractivity contribution in [1.82, 2.24) is 4.98 Å². The van der Waals surface area contributed by atoms with Crippen molar-refractivity contribution in [3.8, 4) is 5.75 Å². The van der Waals surface area contributed by atoms with Gasteiger partial charge in [-0.15, -0.1) is 11.3 Å². The molecule has 0 atom stereocenters. The van der Waals surface area contributed by atoms with Gasteiger partial charge in [0.15, 0.2) is 0 Å². The van der Waals surface area contributed by atoms with Crippen LogP contribution in [0, 0.1) is 6.92 Å². The Bertz CT molecular complexity index is 543. The fraction of sp³-hybridized carbons (Fsp3) is 0.611. The topological polar surface area (TPSA) is 22.1 Å². The van der Waals surface area contributed by atoms with Gasteiger partial charge in [0.25, 0.3) is 0 Å². The zero-order valence-electron chi connectivity index (χ0n) is 14.3. The lowest BCUT2D eigenvalue weighted by molar-refractivity contribution is 0.341. The van der Waals surface area contributed by atoms with Crippen LogP contribution in [0.1, 0.15) is 70.4 Å². The maximum absolute atomic E-state index is 5.74. The lowest BCUT2D eigenvalue weighted by Gasteiger charge is -2.26. The number of hydrogen-bond donors (Lipinski definition) is 0. The minimum atomic E-state index is 0.708. The fourth-order valence-electron chi connectivity index (χ4n) is 2.37. The van der Waals surface area contributed by atoms with Gasteiger partial charge in [-0.1, -0.05) is 34.1 Å². The molecule has 0 amide bonds. The zero-order chi connectivity index (χ0) is 15.8. The van der Waals surface area contributed by atoms with Crippen molar-refractivity contribution < 1.29 is 4.74 Å². The van der Waals surface area contributed by atoms with Crippen LogP contribution < -0.4 is 4.74 Å². The van der Waals surface area contributed by atoms with Crippen LogP contribution in [0.15, 0.2) is 12.1 Å². The summed E-state index contributed by atoms with van der Waals surface area (Å²) in [6.45, 7) is 12.8. The lowest BCUT2D eigenvalue weighted by Crippen LogP contribution is -2.08. The Morgan fingerprint density at radius 2 is 1.86 bits per heavy atom. The highest BCUT2D eigenvalue weighted by molar-refractivity contribution is 7.18. The van der Waals surface area contributed by atoms with Crippen molar-refractivity contribution in [3.05, 3.63) is 22.7 Å². The molecule has 2 aromatic rings. The Hall–Kier alpha value is -1.09. The normalized spacial score (nSPS) is 13.6. The summed E-state index contributed by atoms with van der Waals surface area (Å²) >= 11 is 1.77. The third-order valence-corrected chi connectivity index (χ3v) is 4.38. The van der Waals surface area contributed by atoms with E-state index in [-0.39, 0.29) is 0 Å². The van der Waals surface area contributed by atoms with E-state index in [4.69, 9.17) is 4.74 Å². The van der Waals surface area contributed by atoms with Gasteiger partial charge in [-0.3, -0.25) is 0 Å². The average molecular weight is 308 g/mol. The molecule has 0 aliphatic heterocycles. The molecule has 118 valence electrons. The van der Waals surface area contributed by atoms with E-state index in [0.717, 1.165) is 22.2 Å². The van der Waals surface area contributed by atoms with E-state index in [1.807, 2.05) is 34.6 Å². The molecule has 2 nitrogen and oxygen atoms in total. The van der Waals surface area contributed by atoms with Gasteiger partial charge in [-0.25, -0.2) is 4.98 Å². The van der Waals surface area contributed by atoms with Gasteiger partial charge in [0.05, 0.1) is 16.3 Å². The molecular formula is C18H29NOS. The predicted octanol–water partition coefficient (Wildman–Crippen LogP) is 6.32. The van der Waals surface area contributed by atoms with E-state index in [1.165, 1.54) is 29.5 Å². The van der Waals surface area contributed by atoms with Crippen LogP contribution >= 0.6 is 11.3 Å². The Morgan fingerprint density at radius 1 is 1.19 bits per heavy atom. The number of rotatable bonds is 3. The minimum Gasteiger partial charge on any atom is -0.492 e. The largest absolute Gasteiger partial charge is 0.492 e. The third-order valence-electron chi connectivity index (χ3n) is 3.47. The average Bonchev–Trinajstić information content (AvgIpc) is 2.82. The molecule has 0 N–H and O–H groups in total. The molecule has 1 heterocycles. The predicted molar refractivity (Wildman–Crippen MR) is 94.8 cm³/mol. The maximum Gasteiger partial charge on any atom is 0.146 e. The quantitative estimate of drug-likeness (QED) is 0.661. The first-order chi connectivity index (χ1) is 10.3. The van der Waals surface area contributed by atoms with Crippen LogP contribution in [-0.2, 0) is 0 Å². The van der Waals surface area contributed by atoms with Crippen LogP contribution in [0.3, 0.4) is 0 Å². The summed E-state index contributed by atoms with van der Waals surface area (Å²) in [5.41, 5.74) is 2.48. The summed E-state index contributed by atoms with van der Waals surface area (Å²) in [5, 5.41) is 1.12. The van der Waals surface area contributed by atoms with E-state index in [9.17, 15) is 0 Å². The van der Waals surface area contributed by atoms with Crippen molar-refractivity contribution in [3.63, 3.8) is 0 Å². The van der Waals surface area contributed by atoms with Crippen molar-refractivity contribution in [2.24, 2.45) is 0 Å². The second-order valence-electron chi connectivity index (χ2n) is 4.66. The summed E-state index contributed by atoms with van der Waals surface area (Å²) in [6.07, 6.45) is 4.03.